The number of halogens is 1. The molecule has 0 radical (unpaired) electrons. The van der Waals surface area contributed by atoms with Crippen LogP contribution in [0, 0.1) is 0 Å². The van der Waals surface area contributed by atoms with E-state index in [1.807, 2.05) is 13.0 Å². The molecule has 2 aromatic rings. The standard InChI is InChI=1S/C15H16BrN3O4/c1-2-22-12-5-3-4-6-13(12)23-9-14(20)18-19-15(21)11-7-10(16)8-17-11/h3-8,17H,2,9H2,1H3,(H,18,20)(H,19,21). The fourth-order valence-corrected chi connectivity index (χ4v) is 2.06. The van der Waals surface area contributed by atoms with E-state index in [0.717, 1.165) is 4.47 Å². The second kappa shape index (κ2) is 8.23. The van der Waals surface area contributed by atoms with Crippen LogP contribution in [0.3, 0.4) is 0 Å². The Morgan fingerprint density at radius 3 is 2.48 bits per heavy atom. The van der Waals surface area contributed by atoms with E-state index in [9.17, 15) is 9.59 Å². The molecule has 0 atom stereocenters. The number of nitrogens with one attached hydrogen (secondary N) is 3. The Morgan fingerprint density at radius 2 is 1.87 bits per heavy atom. The average Bonchev–Trinajstić information content (AvgIpc) is 2.98. The van der Waals surface area contributed by atoms with Crippen molar-refractivity contribution in [3.63, 3.8) is 0 Å². The Morgan fingerprint density at radius 1 is 1.17 bits per heavy atom. The first-order valence-corrected chi connectivity index (χ1v) is 7.67. The van der Waals surface area contributed by atoms with E-state index < -0.39 is 11.8 Å². The summed E-state index contributed by atoms with van der Waals surface area (Å²) in [6, 6.07) is 8.64. The number of para-hydroxylation sites is 2. The summed E-state index contributed by atoms with van der Waals surface area (Å²) in [7, 11) is 0. The first-order valence-electron chi connectivity index (χ1n) is 6.88. The molecule has 1 aromatic heterocycles. The van der Waals surface area contributed by atoms with Gasteiger partial charge >= 0.3 is 0 Å². The first-order chi connectivity index (χ1) is 11.1. The molecule has 1 heterocycles. The van der Waals surface area contributed by atoms with Crippen LogP contribution in [0.15, 0.2) is 41.0 Å². The molecule has 3 N–H and O–H groups in total. The summed E-state index contributed by atoms with van der Waals surface area (Å²) in [5.74, 6) is 0.0706. The number of hydrogen-bond donors (Lipinski definition) is 3. The largest absolute Gasteiger partial charge is 0.490 e. The van der Waals surface area contributed by atoms with Crippen LogP contribution in [0.2, 0.25) is 0 Å². The molecular formula is C15H16BrN3O4. The zero-order chi connectivity index (χ0) is 16.7. The van der Waals surface area contributed by atoms with Gasteiger partial charge in [0.15, 0.2) is 18.1 Å². The van der Waals surface area contributed by atoms with Crippen molar-refractivity contribution in [2.24, 2.45) is 0 Å². The molecule has 23 heavy (non-hydrogen) atoms. The Bertz CT molecular complexity index is 687. The average molecular weight is 382 g/mol. The molecule has 2 rings (SSSR count). The smallest absolute Gasteiger partial charge is 0.286 e. The molecule has 0 unspecified atom stereocenters. The molecule has 0 aliphatic heterocycles. The van der Waals surface area contributed by atoms with Crippen LogP contribution in [-0.2, 0) is 4.79 Å². The molecule has 0 bridgehead atoms. The Kier molecular flexibility index (Phi) is 6.04. The third kappa shape index (κ3) is 5.03. The Labute approximate surface area is 141 Å². The van der Waals surface area contributed by atoms with Crippen molar-refractivity contribution in [3.05, 3.63) is 46.7 Å². The SMILES string of the molecule is CCOc1ccccc1OCC(=O)NNC(=O)c1cc(Br)c[nH]1. The lowest BCUT2D eigenvalue weighted by Crippen LogP contribution is -2.43. The van der Waals surface area contributed by atoms with E-state index >= 15 is 0 Å². The van der Waals surface area contributed by atoms with Gasteiger partial charge in [-0.05, 0) is 41.1 Å². The van der Waals surface area contributed by atoms with Crippen molar-refractivity contribution in [1.82, 2.24) is 15.8 Å². The molecule has 2 amide bonds. The van der Waals surface area contributed by atoms with E-state index in [4.69, 9.17) is 9.47 Å². The third-order valence-electron chi connectivity index (χ3n) is 2.72. The van der Waals surface area contributed by atoms with Gasteiger partial charge in [-0.2, -0.15) is 0 Å². The van der Waals surface area contributed by atoms with E-state index in [0.29, 0.717) is 23.8 Å². The highest BCUT2D eigenvalue weighted by molar-refractivity contribution is 9.10. The number of benzene rings is 1. The number of aromatic nitrogens is 1. The summed E-state index contributed by atoms with van der Waals surface area (Å²) >= 11 is 3.22. The van der Waals surface area contributed by atoms with Crippen LogP contribution in [0.1, 0.15) is 17.4 Å². The normalized spacial score (nSPS) is 10.0. The summed E-state index contributed by atoms with van der Waals surface area (Å²) in [6.07, 6.45) is 1.62. The lowest BCUT2D eigenvalue weighted by atomic mass is 10.3. The van der Waals surface area contributed by atoms with Crippen LogP contribution in [0.4, 0.5) is 0 Å². The van der Waals surface area contributed by atoms with Gasteiger partial charge in [0.05, 0.1) is 6.61 Å². The third-order valence-corrected chi connectivity index (χ3v) is 3.17. The van der Waals surface area contributed by atoms with Crippen LogP contribution >= 0.6 is 15.9 Å². The fourth-order valence-electron chi connectivity index (χ4n) is 1.72. The maximum atomic E-state index is 11.7. The number of amides is 2. The number of hydrazine groups is 1. The van der Waals surface area contributed by atoms with Crippen molar-refractivity contribution in [2.75, 3.05) is 13.2 Å². The quantitative estimate of drug-likeness (QED) is 0.667. The highest BCUT2D eigenvalue weighted by Crippen LogP contribution is 2.26. The number of ether oxygens (including phenoxy) is 2. The number of aromatic amines is 1. The fraction of sp³-hybridized carbons (Fsp3) is 0.200. The molecule has 1 aromatic carbocycles. The van der Waals surface area contributed by atoms with Crippen LogP contribution in [0.5, 0.6) is 11.5 Å². The molecule has 0 saturated carbocycles. The molecule has 0 fully saturated rings. The lowest BCUT2D eigenvalue weighted by molar-refractivity contribution is -0.123. The number of carbonyl (C=O) groups excluding carboxylic acids is 2. The van der Waals surface area contributed by atoms with Gasteiger partial charge in [0.1, 0.15) is 5.69 Å². The number of H-pyrrole nitrogens is 1. The molecule has 7 nitrogen and oxygen atoms in total. The van der Waals surface area contributed by atoms with Gasteiger partial charge in [-0.15, -0.1) is 0 Å². The van der Waals surface area contributed by atoms with Gasteiger partial charge in [0.2, 0.25) is 0 Å². The minimum Gasteiger partial charge on any atom is -0.490 e. The molecule has 0 aliphatic carbocycles. The number of rotatable bonds is 6. The second-order valence-corrected chi connectivity index (χ2v) is 5.32. The zero-order valence-electron chi connectivity index (χ0n) is 12.4. The molecule has 0 saturated heterocycles. The van der Waals surface area contributed by atoms with Crippen LogP contribution in [-0.4, -0.2) is 30.0 Å². The van der Waals surface area contributed by atoms with Crippen molar-refractivity contribution in [2.45, 2.75) is 6.92 Å². The number of hydrogen-bond acceptors (Lipinski definition) is 4. The molecule has 122 valence electrons. The predicted octanol–water partition coefficient (Wildman–Crippen LogP) is 2.02. The van der Waals surface area contributed by atoms with Gasteiger partial charge in [-0.3, -0.25) is 20.4 Å². The van der Waals surface area contributed by atoms with Crippen molar-refractivity contribution >= 4 is 27.7 Å². The Hall–Kier alpha value is -2.48. The minimum absolute atomic E-state index is 0.251. The topological polar surface area (TPSA) is 92.4 Å². The number of carbonyl (C=O) groups is 2. The highest BCUT2D eigenvalue weighted by Gasteiger charge is 2.10. The zero-order valence-corrected chi connectivity index (χ0v) is 14.0. The van der Waals surface area contributed by atoms with Crippen LogP contribution in [0.25, 0.3) is 0 Å². The predicted molar refractivity (Wildman–Crippen MR) is 87.2 cm³/mol. The van der Waals surface area contributed by atoms with Gasteiger partial charge < -0.3 is 14.5 Å². The Balaban J connectivity index is 1.80. The van der Waals surface area contributed by atoms with E-state index in [2.05, 4.69) is 31.8 Å². The van der Waals surface area contributed by atoms with Crippen molar-refractivity contribution in [1.29, 1.82) is 0 Å². The first kappa shape index (κ1) is 16.9. The second-order valence-electron chi connectivity index (χ2n) is 4.40. The lowest BCUT2D eigenvalue weighted by Gasteiger charge is -2.11. The van der Waals surface area contributed by atoms with E-state index in [1.165, 1.54) is 0 Å². The van der Waals surface area contributed by atoms with E-state index in [-0.39, 0.29) is 6.61 Å². The molecule has 0 aliphatic rings. The summed E-state index contributed by atoms with van der Waals surface area (Å²) in [5, 5.41) is 0. The summed E-state index contributed by atoms with van der Waals surface area (Å²) < 4.78 is 11.5. The summed E-state index contributed by atoms with van der Waals surface area (Å²) in [4.78, 5) is 26.2. The van der Waals surface area contributed by atoms with E-state index in [1.54, 1.807) is 30.5 Å². The van der Waals surface area contributed by atoms with Crippen LogP contribution < -0.4 is 20.3 Å². The highest BCUT2D eigenvalue weighted by atomic mass is 79.9. The van der Waals surface area contributed by atoms with Crippen molar-refractivity contribution < 1.29 is 19.1 Å². The van der Waals surface area contributed by atoms with Gasteiger partial charge in [0.25, 0.3) is 11.8 Å². The monoisotopic (exact) mass is 381 g/mol. The maximum Gasteiger partial charge on any atom is 0.286 e. The van der Waals surface area contributed by atoms with Gasteiger partial charge in [-0.25, -0.2) is 0 Å². The maximum absolute atomic E-state index is 11.7. The van der Waals surface area contributed by atoms with Gasteiger partial charge in [-0.1, -0.05) is 12.1 Å². The minimum atomic E-state index is -0.490. The summed E-state index contributed by atoms with van der Waals surface area (Å²) in [6.45, 7) is 2.10. The van der Waals surface area contributed by atoms with Gasteiger partial charge in [0, 0.05) is 10.7 Å². The van der Waals surface area contributed by atoms with Crippen molar-refractivity contribution in [3.8, 4) is 11.5 Å². The molecular weight excluding hydrogens is 366 g/mol. The molecule has 8 heteroatoms. The molecule has 0 spiro atoms. The summed E-state index contributed by atoms with van der Waals surface area (Å²) in [5.41, 5.74) is 4.88.